The molecule has 1 N–H and O–H groups in total. The number of amides is 1. The van der Waals surface area contributed by atoms with Gasteiger partial charge in [0.05, 0.1) is 19.1 Å². The van der Waals surface area contributed by atoms with Crippen molar-refractivity contribution in [3.63, 3.8) is 0 Å². The van der Waals surface area contributed by atoms with Crippen LogP contribution >= 0.6 is 11.3 Å². The molecule has 2 aromatic rings. The van der Waals surface area contributed by atoms with Crippen LogP contribution in [0.3, 0.4) is 0 Å². The van der Waals surface area contributed by atoms with Gasteiger partial charge in [0.15, 0.2) is 0 Å². The van der Waals surface area contributed by atoms with E-state index in [-0.39, 0.29) is 17.3 Å². The molecule has 1 aromatic heterocycles. The van der Waals surface area contributed by atoms with Gasteiger partial charge < -0.3 is 10.1 Å². The van der Waals surface area contributed by atoms with E-state index in [1.807, 2.05) is 31.2 Å². The first-order valence-corrected chi connectivity index (χ1v) is 10.6. The minimum Gasteiger partial charge on any atom is -0.465 e. The standard InChI is InChI=1S/C23H29NO3S/c1-14-8-6-7-9-15(14)12-19(25)24-21-20(22(26)27-5)17-11-10-16(23(2,3)4)13-18(17)28-21/h6-9,16H,10-13H2,1-5H3,(H,24,25). The Bertz CT molecular complexity index is 892. The largest absolute Gasteiger partial charge is 0.465 e. The summed E-state index contributed by atoms with van der Waals surface area (Å²) in [6, 6.07) is 7.86. The number of carbonyl (C=O) groups is 2. The number of anilines is 1. The third-order valence-corrected chi connectivity index (χ3v) is 6.91. The fourth-order valence-corrected chi connectivity index (χ4v) is 5.22. The zero-order valence-corrected chi connectivity index (χ0v) is 18.2. The van der Waals surface area contributed by atoms with Gasteiger partial charge in [-0.3, -0.25) is 4.79 Å². The molecule has 0 bridgehead atoms. The predicted octanol–water partition coefficient (Wildman–Crippen LogP) is 5.18. The molecule has 1 aliphatic rings. The van der Waals surface area contributed by atoms with E-state index in [1.54, 1.807) is 0 Å². The molecule has 1 unspecified atom stereocenters. The highest BCUT2D eigenvalue weighted by Crippen LogP contribution is 2.44. The van der Waals surface area contributed by atoms with Crippen LogP contribution in [0.5, 0.6) is 0 Å². The molecular weight excluding hydrogens is 370 g/mol. The Hall–Kier alpha value is -2.14. The average Bonchev–Trinajstić information content (AvgIpc) is 2.99. The second kappa shape index (κ2) is 8.08. The van der Waals surface area contributed by atoms with Crippen molar-refractivity contribution in [3.8, 4) is 0 Å². The number of carbonyl (C=O) groups excluding carboxylic acids is 2. The maximum atomic E-state index is 12.7. The quantitative estimate of drug-likeness (QED) is 0.721. The van der Waals surface area contributed by atoms with E-state index in [2.05, 4.69) is 26.1 Å². The first kappa shape index (κ1) is 20.6. The molecule has 0 radical (unpaired) electrons. The number of methoxy groups -OCH3 is 1. The fraction of sp³-hybridized carbons (Fsp3) is 0.478. The number of hydrogen-bond donors (Lipinski definition) is 1. The zero-order chi connectivity index (χ0) is 20.5. The van der Waals surface area contributed by atoms with E-state index in [0.717, 1.165) is 36.0 Å². The van der Waals surface area contributed by atoms with Crippen molar-refractivity contribution in [2.24, 2.45) is 11.3 Å². The molecule has 0 fully saturated rings. The highest BCUT2D eigenvalue weighted by atomic mass is 32.1. The van der Waals surface area contributed by atoms with E-state index in [9.17, 15) is 9.59 Å². The van der Waals surface area contributed by atoms with E-state index in [0.29, 0.717) is 22.9 Å². The maximum Gasteiger partial charge on any atom is 0.341 e. The van der Waals surface area contributed by atoms with Crippen molar-refractivity contribution < 1.29 is 14.3 Å². The van der Waals surface area contributed by atoms with Crippen LogP contribution in [-0.2, 0) is 28.8 Å². The first-order valence-electron chi connectivity index (χ1n) is 9.78. The summed E-state index contributed by atoms with van der Waals surface area (Å²) in [6.07, 6.45) is 3.14. The van der Waals surface area contributed by atoms with Gasteiger partial charge in [-0.25, -0.2) is 4.79 Å². The van der Waals surface area contributed by atoms with Crippen LogP contribution in [0.4, 0.5) is 5.00 Å². The number of benzene rings is 1. The summed E-state index contributed by atoms with van der Waals surface area (Å²) in [6.45, 7) is 8.80. The second-order valence-corrected chi connectivity index (χ2v) is 9.76. The summed E-state index contributed by atoms with van der Waals surface area (Å²) in [5, 5.41) is 3.62. The molecule has 1 heterocycles. The lowest BCUT2D eigenvalue weighted by molar-refractivity contribution is -0.115. The second-order valence-electron chi connectivity index (χ2n) is 8.66. The Morgan fingerprint density at radius 1 is 1.25 bits per heavy atom. The van der Waals surface area contributed by atoms with Crippen LogP contribution < -0.4 is 5.32 Å². The molecule has 1 atom stereocenters. The minimum atomic E-state index is -0.363. The summed E-state index contributed by atoms with van der Waals surface area (Å²) in [7, 11) is 1.39. The Kier molecular flexibility index (Phi) is 5.94. The predicted molar refractivity (Wildman–Crippen MR) is 114 cm³/mol. The molecule has 1 amide bonds. The molecule has 28 heavy (non-hydrogen) atoms. The van der Waals surface area contributed by atoms with Crippen LogP contribution in [0.15, 0.2) is 24.3 Å². The lowest BCUT2D eigenvalue weighted by atomic mass is 9.72. The third kappa shape index (κ3) is 4.30. The number of esters is 1. The maximum absolute atomic E-state index is 12.7. The molecule has 1 aromatic carbocycles. The number of ether oxygens (including phenoxy) is 1. The molecule has 3 rings (SSSR count). The number of thiophene rings is 1. The highest BCUT2D eigenvalue weighted by molar-refractivity contribution is 7.17. The van der Waals surface area contributed by atoms with Crippen molar-refractivity contribution in [1.82, 2.24) is 0 Å². The number of rotatable bonds is 4. The number of hydrogen-bond acceptors (Lipinski definition) is 4. The average molecular weight is 400 g/mol. The van der Waals surface area contributed by atoms with Gasteiger partial charge in [0, 0.05) is 4.88 Å². The van der Waals surface area contributed by atoms with Gasteiger partial charge in [-0.05, 0) is 54.2 Å². The number of nitrogens with one attached hydrogen (secondary N) is 1. The normalized spacial score (nSPS) is 16.4. The van der Waals surface area contributed by atoms with Crippen molar-refractivity contribution in [2.45, 2.75) is 53.4 Å². The summed E-state index contributed by atoms with van der Waals surface area (Å²) in [4.78, 5) is 26.4. The van der Waals surface area contributed by atoms with Gasteiger partial charge >= 0.3 is 5.97 Å². The molecule has 0 aliphatic heterocycles. The van der Waals surface area contributed by atoms with Crippen molar-refractivity contribution in [3.05, 3.63) is 51.4 Å². The van der Waals surface area contributed by atoms with Gasteiger partial charge in [0.1, 0.15) is 5.00 Å². The monoisotopic (exact) mass is 399 g/mol. The van der Waals surface area contributed by atoms with E-state index in [1.165, 1.54) is 23.3 Å². The van der Waals surface area contributed by atoms with E-state index < -0.39 is 0 Å². The molecule has 0 saturated heterocycles. The molecular formula is C23H29NO3S. The Labute approximate surface area is 171 Å². The van der Waals surface area contributed by atoms with Crippen molar-refractivity contribution in [2.75, 3.05) is 12.4 Å². The SMILES string of the molecule is COC(=O)c1c(NC(=O)Cc2ccccc2C)sc2c1CCC(C(C)(C)C)C2. The van der Waals surface area contributed by atoms with Crippen LogP contribution in [0, 0.1) is 18.3 Å². The van der Waals surface area contributed by atoms with Crippen molar-refractivity contribution in [1.29, 1.82) is 0 Å². The summed E-state index contributed by atoms with van der Waals surface area (Å²) >= 11 is 1.54. The van der Waals surface area contributed by atoms with E-state index in [4.69, 9.17) is 4.74 Å². The zero-order valence-electron chi connectivity index (χ0n) is 17.3. The third-order valence-electron chi connectivity index (χ3n) is 5.74. The van der Waals surface area contributed by atoms with Crippen molar-refractivity contribution >= 4 is 28.2 Å². The Morgan fingerprint density at radius 2 is 1.96 bits per heavy atom. The first-order chi connectivity index (χ1) is 13.2. The van der Waals surface area contributed by atoms with Crippen LogP contribution in [0.1, 0.15) is 59.1 Å². The molecule has 0 saturated carbocycles. The van der Waals surface area contributed by atoms with Crippen LogP contribution in [0.2, 0.25) is 0 Å². The summed E-state index contributed by atoms with van der Waals surface area (Å²) in [5.74, 6) is 0.1000. The molecule has 1 aliphatic carbocycles. The molecule has 5 heteroatoms. The van der Waals surface area contributed by atoms with Gasteiger partial charge in [0.2, 0.25) is 5.91 Å². The highest BCUT2D eigenvalue weighted by Gasteiger charge is 2.34. The lowest BCUT2D eigenvalue weighted by Gasteiger charge is -2.33. The number of aryl methyl sites for hydroxylation is 1. The fourth-order valence-electron chi connectivity index (χ4n) is 3.88. The van der Waals surface area contributed by atoms with Crippen LogP contribution in [-0.4, -0.2) is 19.0 Å². The van der Waals surface area contributed by atoms with Gasteiger partial charge in [0.25, 0.3) is 0 Å². The Balaban J connectivity index is 1.86. The summed E-state index contributed by atoms with van der Waals surface area (Å²) < 4.78 is 5.03. The smallest absolute Gasteiger partial charge is 0.341 e. The van der Waals surface area contributed by atoms with Gasteiger partial charge in [-0.15, -0.1) is 11.3 Å². The molecule has 150 valence electrons. The molecule has 0 spiro atoms. The molecule has 4 nitrogen and oxygen atoms in total. The topological polar surface area (TPSA) is 55.4 Å². The van der Waals surface area contributed by atoms with Crippen LogP contribution in [0.25, 0.3) is 0 Å². The summed E-state index contributed by atoms with van der Waals surface area (Å²) in [5.41, 5.74) is 3.91. The number of fused-ring (bicyclic) bond motifs is 1. The van der Waals surface area contributed by atoms with E-state index >= 15 is 0 Å². The van der Waals surface area contributed by atoms with Gasteiger partial charge in [-0.1, -0.05) is 45.0 Å². The lowest BCUT2D eigenvalue weighted by Crippen LogP contribution is -2.26. The van der Waals surface area contributed by atoms with Gasteiger partial charge in [-0.2, -0.15) is 0 Å². The Morgan fingerprint density at radius 3 is 2.61 bits per heavy atom. The minimum absolute atomic E-state index is 0.106.